The lowest BCUT2D eigenvalue weighted by Gasteiger charge is -2.09. The highest BCUT2D eigenvalue weighted by Gasteiger charge is 2.13. The highest BCUT2D eigenvalue weighted by atomic mass is 16.6. The molecule has 126 valence electrons. The van der Waals surface area contributed by atoms with Gasteiger partial charge in [-0.15, -0.1) is 0 Å². The number of aromatic nitrogens is 1. The number of anilines is 1. The predicted molar refractivity (Wildman–Crippen MR) is 88.3 cm³/mol. The molecule has 0 saturated carbocycles. The first-order valence-corrected chi connectivity index (χ1v) is 7.29. The van der Waals surface area contributed by atoms with Crippen LogP contribution in [-0.2, 0) is 11.3 Å². The molecular weight excluding hydrogens is 314 g/mol. The fraction of sp³-hybridized carbons (Fsp3) is 0.250. The van der Waals surface area contributed by atoms with E-state index in [1.807, 2.05) is 6.92 Å². The number of ether oxygens (including phenoxy) is 1. The Bertz CT molecular complexity index is 811. The normalized spacial score (nSPS) is 10.2. The molecule has 0 atom stereocenters. The summed E-state index contributed by atoms with van der Waals surface area (Å²) in [5, 5.41) is 13.5. The number of nitro groups is 1. The second kappa shape index (κ2) is 7.40. The zero-order chi connectivity index (χ0) is 17.7. The summed E-state index contributed by atoms with van der Waals surface area (Å²) in [6.07, 6.45) is 1.06. The molecule has 2 aromatic rings. The minimum absolute atomic E-state index is 0.207. The monoisotopic (exact) mass is 331 g/mol. The van der Waals surface area contributed by atoms with Crippen LogP contribution in [0.1, 0.15) is 12.5 Å². The van der Waals surface area contributed by atoms with Gasteiger partial charge in [0.2, 0.25) is 5.91 Å². The molecule has 24 heavy (non-hydrogen) atoms. The van der Waals surface area contributed by atoms with Crippen molar-refractivity contribution in [3.8, 4) is 5.75 Å². The number of aryl methyl sites for hydroxylation is 1. The summed E-state index contributed by atoms with van der Waals surface area (Å²) in [5.74, 6) is 0.224. The van der Waals surface area contributed by atoms with Crippen molar-refractivity contribution < 1.29 is 14.5 Å². The van der Waals surface area contributed by atoms with Crippen molar-refractivity contribution in [1.82, 2.24) is 4.57 Å². The maximum Gasteiger partial charge on any atom is 0.286 e. The number of hydrogen-bond acceptors (Lipinski definition) is 5. The summed E-state index contributed by atoms with van der Waals surface area (Å²) in [5.41, 5.74) is 0.0696. The van der Waals surface area contributed by atoms with Gasteiger partial charge in [-0.1, -0.05) is 0 Å². The average molecular weight is 331 g/mol. The van der Waals surface area contributed by atoms with E-state index in [-0.39, 0.29) is 17.8 Å². The van der Waals surface area contributed by atoms with E-state index in [9.17, 15) is 19.7 Å². The minimum atomic E-state index is -0.604. The summed E-state index contributed by atoms with van der Waals surface area (Å²) < 4.78 is 6.33. The quantitative estimate of drug-likeness (QED) is 0.645. The highest BCUT2D eigenvalue weighted by Crippen LogP contribution is 2.15. The highest BCUT2D eigenvalue weighted by molar-refractivity contribution is 5.90. The summed E-state index contributed by atoms with van der Waals surface area (Å²) in [6.45, 7) is 3.57. The van der Waals surface area contributed by atoms with Crippen molar-refractivity contribution in [3.63, 3.8) is 0 Å². The maximum atomic E-state index is 12.1. The molecule has 0 spiro atoms. The van der Waals surface area contributed by atoms with E-state index in [1.165, 1.54) is 13.0 Å². The van der Waals surface area contributed by atoms with Crippen LogP contribution in [0.5, 0.6) is 5.75 Å². The summed E-state index contributed by atoms with van der Waals surface area (Å²) in [7, 11) is 0. The van der Waals surface area contributed by atoms with E-state index in [4.69, 9.17) is 4.74 Å². The maximum absolute atomic E-state index is 12.1. The van der Waals surface area contributed by atoms with Crippen LogP contribution in [-0.4, -0.2) is 22.0 Å². The van der Waals surface area contributed by atoms with E-state index in [0.717, 1.165) is 10.8 Å². The summed E-state index contributed by atoms with van der Waals surface area (Å²) in [4.78, 5) is 34.3. The molecule has 0 unspecified atom stereocenters. The SMILES string of the molecule is CCOc1ccc(NC(=O)Cn2cc([N+](=O)[O-])cc(C)c2=O)cc1. The third-order valence-electron chi connectivity index (χ3n) is 3.22. The number of nitrogens with one attached hydrogen (secondary N) is 1. The van der Waals surface area contributed by atoms with Gasteiger partial charge >= 0.3 is 0 Å². The standard InChI is InChI=1S/C16H17N3O5/c1-3-24-14-6-4-12(5-7-14)17-15(20)10-18-9-13(19(22)23)8-11(2)16(18)21/h4-9H,3,10H2,1-2H3,(H,17,20). The van der Waals surface area contributed by atoms with Crippen molar-refractivity contribution in [2.45, 2.75) is 20.4 Å². The number of benzene rings is 1. The number of amides is 1. The third-order valence-corrected chi connectivity index (χ3v) is 3.22. The van der Waals surface area contributed by atoms with Crippen molar-refractivity contribution in [3.05, 3.63) is 62.6 Å². The smallest absolute Gasteiger partial charge is 0.286 e. The predicted octanol–water partition coefficient (Wildman–Crippen LogP) is 2.10. The van der Waals surface area contributed by atoms with Gasteiger partial charge in [0, 0.05) is 17.3 Å². The zero-order valence-corrected chi connectivity index (χ0v) is 13.3. The number of carbonyl (C=O) groups excluding carboxylic acids is 1. The van der Waals surface area contributed by atoms with Gasteiger partial charge in [-0.3, -0.25) is 24.3 Å². The topological polar surface area (TPSA) is 103 Å². The van der Waals surface area contributed by atoms with Crippen LogP contribution >= 0.6 is 0 Å². The van der Waals surface area contributed by atoms with Crippen LogP contribution in [0.25, 0.3) is 0 Å². The molecule has 1 aromatic carbocycles. The first-order chi connectivity index (χ1) is 11.4. The Morgan fingerprint density at radius 1 is 1.33 bits per heavy atom. The van der Waals surface area contributed by atoms with E-state index >= 15 is 0 Å². The molecular formula is C16H17N3O5. The molecule has 8 heteroatoms. The van der Waals surface area contributed by atoms with Crippen LogP contribution in [0, 0.1) is 17.0 Å². The fourth-order valence-electron chi connectivity index (χ4n) is 2.14. The fourth-order valence-corrected chi connectivity index (χ4v) is 2.14. The van der Waals surface area contributed by atoms with E-state index in [1.54, 1.807) is 24.3 Å². The number of nitrogens with zero attached hydrogens (tertiary/aromatic N) is 2. The minimum Gasteiger partial charge on any atom is -0.494 e. The average Bonchev–Trinajstić information content (AvgIpc) is 2.53. The lowest BCUT2D eigenvalue weighted by Crippen LogP contribution is -2.28. The van der Waals surface area contributed by atoms with Crippen LogP contribution < -0.4 is 15.6 Å². The van der Waals surface area contributed by atoms with Crippen molar-refractivity contribution in [1.29, 1.82) is 0 Å². The van der Waals surface area contributed by atoms with Crippen molar-refractivity contribution >= 4 is 17.3 Å². The molecule has 1 amide bonds. The molecule has 0 radical (unpaired) electrons. The number of rotatable bonds is 6. The van der Waals surface area contributed by atoms with E-state index < -0.39 is 16.4 Å². The van der Waals surface area contributed by atoms with Gasteiger partial charge in [0.1, 0.15) is 12.3 Å². The van der Waals surface area contributed by atoms with Gasteiger partial charge in [0.05, 0.1) is 17.7 Å². The first kappa shape index (κ1) is 17.2. The molecule has 1 heterocycles. The van der Waals surface area contributed by atoms with Crippen LogP contribution in [0.3, 0.4) is 0 Å². The second-order valence-corrected chi connectivity index (χ2v) is 5.08. The van der Waals surface area contributed by atoms with E-state index in [2.05, 4.69) is 5.32 Å². The molecule has 0 bridgehead atoms. The zero-order valence-electron chi connectivity index (χ0n) is 13.3. The molecule has 0 aliphatic carbocycles. The molecule has 8 nitrogen and oxygen atoms in total. The van der Waals surface area contributed by atoms with Crippen LogP contribution in [0.15, 0.2) is 41.3 Å². The number of carbonyl (C=O) groups is 1. The number of hydrogen-bond donors (Lipinski definition) is 1. The van der Waals surface area contributed by atoms with Crippen molar-refractivity contribution in [2.75, 3.05) is 11.9 Å². The Hall–Kier alpha value is -3.16. The Balaban J connectivity index is 2.12. The summed E-state index contributed by atoms with van der Waals surface area (Å²) >= 11 is 0. The van der Waals surface area contributed by atoms with Gasteiger partial charge in [-0.25, -0.2) is 0 Å². The Labute approximate surface area is 137 Å². The van der Waals surface area contributed by atoms with Crippen LogP contribution in [0.2, 0.25) is 0 Å². The van der Waals surface area contributed by atoms with Crippen LogP contribution in [0.4, 0.5) is 11.4 Å². The van der Waals surface area contributed by atoms with E-state index in [0.29, 0.717) is 18.0 Å². The van der Waals surface area contributed by atoms with Gasteiger partial charge < -0.3 is 10.1 Å². The molecule has 0 aliphatic rings. The summed E-state index contributed by atoms with van der Waals surface area (Å²) in [6, 6.07) is 7.95. The Morgan fingerprint density at radius 2 is 2.00 bits per heavy atom. The van der Waals surface area contributed by atoms with Gasteiger partial charge in [0.15, 0.2) is 0 Å². The van der Waals surface area contributed by atoms with Crippen molar-refractivity contribution in [2.24, 2.45) is 0 Å². The lowest BCUT2D eigenvalue weighted by molar-refractivity contribution is -0.385. The lowest BCUT2D eigenvalue weighted by atomic mass is 10.2. The Morgan fingerprint density at radius 3 is 2.58 bits per heavy atom. The molecule has 0 aliphatic heterocycles. The van der Waals surface area contributed by atoms with Gasteiger partial charge in [0.25, 0.3) is 11.2 Å². The molecule has 1 N–H and O–H groups in total. The molecule has 0 fully saturated rings. The molecule has 0 saturated heterocycles. The second-order valence-electron chi connectivity index (χ2n) is 5.08. The first-order valence-electron chi connectivity index (χ1n) is 7.29. The van der Waals surface area contributed by atoms with Gasteiger partial charge in [-0.2, -0.15) is 0 Å². The molecule has 2 rings (SSSR count). The molecule has 1 aromatic heterocycles. The largest absolute Gasteiger partial charge is 0.494 e. The third kappa shape index (κ3) is 4.19. The number of pyridine rings is 1. The Kier molecular flexibility index (Phi) is 5.31. The van der Waals surface area contributed by atoms with Gasteiger partial charge in [-0.05, 0) is 38.1 Å².